The van der Waals surface area contributed by atoms with Crippen molar-refractivity contribution in [1.82, 2.24) is 0 Å². The number of hydrogen-bond donors (Lipinski definition) is 1. The molecule has 1 aromatic rings. The van der Waals surface area contributed by atoms with Crippen LogP contribution in [-0.4, -0.2) is 26.5 Å². The number of nitrogens with two attached hydrogens (primary N) is 1. The second-order valence-electron chi connectivity index (χ2n) is 5.39. The van der Waals surface area contributed by atoms with E-state index in [9.17, 15) is 8.42 Å². The quantitative estimate of drug-likeness (QED) is 0.900. The minimum atomic E-state index is -2.88. The van der Waals surface area contributed by atoms with Crippen LogP contribution in [-0.2, 0) is 22.7 Å². The molecule has 2 N–H and O–H groups in total. The summed E-state index contributed by atoms with van der Waals surface area (Å²) in [4.78, 5) is 0. The van der Waals surface area contributed by atoms with Gasteiger partial charge in [0.2, 0.25) is 0 Å². The summed E-state index contributed by atoms with van der Waals surface area (Å²) in [5.41, 5.74) is 8.08. The second-order valence-corrected chi connectivity index (χ2v) is 7.58. The number of sulfone groups is 1. The van der Waals surface area contributed by atoms with Crippen LogP contribution in [0.4, 0.5) is 0 Å². The summed E-state index contributed by atoms with van der Waals surface area (Å²) < 4.78 is 23.3. The van der Waals surface area contributed by atoms with Gasteiger partial charge in [-0.05, 0) is 36.9 Å². The summed E-state index contributed by atoms with van der Waals surface area (Å²) >= 11 is 0. The van der Waals surface area contributed by atoms with Crippen LogP contribution in [0.25, 0.3) is 0 Å². The van der Waals surface area contributed by atoms with Gasteiger partial charge in [0.25, 0.3) is 0 Å². The average molecular weight is 267 g/mol. The van der Waals surface area contributed by atoms with E-state index in [1.165, 1.54) is 11.1 Å². The highest BCUT2D eigenvalue weighted by Gasteiger charge is 2.41. The van der Waals surface area contributed by atoms with Gasteiger partial charge < -0.3 is 5.73 Å². The van der Waals surface area contributed by atoms with Crippen LogP contribution < -0.4 is 5.73 Å². The van der Waals surface area contributed by atoms with Crippen LogP contribution in [0.5, 0.6) is 0 Å². The van der Waals surface area contributed by atoms with E-state index < -0.39 is 9.84 Å². The second kappa shape index (κ2) is 5.02. The molecule has 0 aromatic heterocycles. The van der Waals surface area contributed by atoms with E-state index in [1.54, 1.807) is 0 Å². The third-order valence-electron chi connectivity index (χ3n) is 3.91. The molecule has 1 fully saturated rings. The molecule has 4 heteroatoms. The normalized spacial score (nSPS) is 26.3. The Morgan fingerprint density at radius 3 is 2.28 bits per heavy atom. The fraction of sp³-hybridized carbons (Fsp3) is 0.571. The standard InChI is InChI=1S/C14H21NO2S/c1-2-12-3-5-13(6-4-12)9-14(10-15)7-8-18(16,17)11-14/h3-6H,2,7-11,15H2,1H3. The molecule has 100 valence electrons. The van der Waals surface area contributed by atoms with Crippen LogP contribution in [0.3, 0.4) is 0 Å². The molecule has 1 aromatic carbocycles. The Morgan fingerprint density at radius 1 is 1.22 bits per heavy atom. The molecule has 0 aliphatic carbocycles. The highest BCUT2D eigenvalue weighted by atomic mass is 32.2. The number of hydrogen-bond acceptors (Lipinski definition) is 3. The van der Waals surface area contributed by atoms with Crippen molar-refractivity contribution < 1.29 is 8.42 Å². The van der Waals surface area contributed by atoms with Gasteiger partial charge in [0.05, 0.1) is 11.5 Å². The van der Waals surface area contributed by atoms with Gasteiger partial charge in [0, 0.05) is 5.41 Å². The van der Waals surface area contributed by atoms with E-state index in [0.29, 0.717) is 13.0 Å². The zero-order chi connectivity index (χ0) is 13.2. The third-order valence-corrected chi connectivity index (χ3v) is 5.79. The first-order valence-corrected chi connectivity index (χ1v) is 8.29. The first-order valence-electron chi connectivity index (χ1n) is 6.47. The molecule has 1 saturated heterocycles. The summed E-state index contributed by atoms with van der Waals surface area (Å²) in [5, 5.41) is 0. The Hall–Kier alpha value is -0.870. The maximum atomic E-state index is 11.6. The van der Waals surface area contributed by atoms with Gasteiger partial charge in [-0.3, -0.25) is 0 Å². The van der Waals surface area contributed by atoms with Crippen molar-refractivity contribution in [1.29, 1.82) is 0 Å². The highest BCUT2D eigenvalue weighted by Crippen LogP contribution is 2.34. The first kappa shape index (κ1) is 13.6. The number of aryl methyl sites for hydroxylation is 1. The maximum Gasteiger partial charge on any atom is 0.150 e. The molecule has 1 aliphatic rings. The molecule has 0 saturated carbocycles. The summed E-state index contributed by atoms with van der Waals surface area (Å²) in [6.45, 7) is 2.57. The molecule has 0 bridgehead atoms. The SMILES string of the molecule is CCc1ccc(CC2(CN)CCS(=O)(=O)C2)cc1. The van der Waals surface area contributed by atoms with Crippen LogP contribution >= 0.6 is 0 Å². The lowest BCUT2D eigenvalue weighted by Gasteiger charge is -2.25. The van der Waals surface area contributed by atoms with Gasteiger partial charge in [0.15, 0.2) is 9.84 Å². The number of rotatable bonds is 4. The van der Waals surface area contributed by atoms with E-state index >= 15 is 0 Å². The Labute approximate surface area is 109 Å². The molecule has 0 radical (unpaired) electrons. The lowest BCUT2D eigenvalue weighted by Crippen LogP contribution is -2.34. The molecule has 18 heavy (non-hydrogen) atoms. The lowest BCUT2D eigenvalue weighted by molar-refractivity contribution is 0.344. The Kier molecular flexibility index (Phi) is 3.78. The molecule has 0 spiro atoms. The molecule has 0 amide bonds. The van der Waals surface area contributed by atoms with Crippen molar-refractivity contribution in [3.63, 3.8) is 0 Å². The van der Waals surface area contributed by atoms with Crippen molar-refractivity contribution in [2.75, 3.05) is 18.1 Å². The molecule has 1 atom stereocenters. The van der Waals surface area contributed by atoms with Crippen molar-refractivity contribution >= 4 is 9.84 Å². The fourth-order valence-electron chi connectivity index (χ4n) is 2.68. The Balaban J connectivity index is 2.15. The molecule has 1 aliphatic heterocycles. The highest BCUT2D eigenvalue weighted by molar-refractivity contribution is 7.91. The van der Waals surface area contributed by atoms with E-state index in [0.717, 1.165) is 12.8 Å². The van der Waals surface area contributed by atoms with Crippen LogP contribution in [0.15, 0.2) is 24.3 Å². The molecule has 2 rings (SSSR count). The predicted octanol–water partition coefficient (Wildman–Crippen LogP) is 1.56. The number of benzene rings is 1. The average Bonchev–Trinajstić information content (AvgIpc) is 2.67. The van der Waals surface area contributed by atoms with Crippen LogP contribution in [0, 0.1) is 5.41 Å². The van der Waals surface area contributed by atoms with Gasteiger partial charge in [-0.2, -0.15) is 0 Å². The topological polar surface area (TPSA) is 60.2 Å². The van der Waals surface area contributed by atoms with Crippen molar-refractivity contribution in [3.05, 3.63) is 35.4 Å². The van der Waals surface area contributed by atoms with Gasteiger partial charge in [-0.1, -0.05) is 31.2 Å². The van der Waals surface area contributed by atoms with Crippen molar-refractivity contribution in [2.24, 2.45) is 11.1 Å². The Morgan fingerprint density at radius 2 is 1.83 bits per heavy atom. The van der Waals surface area contributed by atoms with Crippen LogP contribution in [0.1, 0.15) is 24.5 Å². The van der Waals surface area contributed by atoms with Crippen molar-refractivity contribution in [3.8, 4) is 0 Å². The summed E-state index contributed by atoms with van der Waals surface area (Å²) in [6.07, 6.45) is 2.49. The zero-order valence-electron chi connectivity index (χ0n) is 10.9. The molecular formula is C14H21NO2S. The third kappa shape index (κ3) is 2.93. The van der Waals surface area contributed by atoms with E-state index in [-0.39, 0.29) is 16.9 Å². The molecule has 1 unspecified atom stereocenters. The molecular weight excluding hydrogens is 246 g/mol. The first-order chi connectivity index (χ1) is 8.49. The largest absolute Gasteiger partial charge is 0.330 e. The van der Waals surface area contributed by atoms with Crippen LogP contribution in [0.2, 0.25) is 0 Å². The monoisotopic (exact) mass is 267 g/mol. The van der Waals surface area contributed by atoms with Gasteiger partial charge in [0.1, 0.15) is 0 Å². The fourth-order valence-corrected chi connectivity index (χ4v) is 4.87. The predicted molar refractivity (Wildman–Crippen MR) is 74.3 cm³/mol. The minimum Gasteiger partial charge on any atom is -0.330 e. The lowest BCUT2D eigenvalue weighted by atomic mass is 9.81. The summed E-state index contributed by atoms with van der Waals surface area (Å²) in [7, 11) is -2.88. The summed E-state index contributed by atoms with van der Waals surface area (Å²) in [5.74, 6) is 0.531. The summed E-state index contributed by atoms with van der Waals surface area (Å²) in [6, 6.07) is 8.42. The van der Waals surface area contributed by atoms with E-state index in [1.807, 2.05) is 0 Å². The van der Waals surface area contributed by atoms with Gasteiger partial charge in [-0.15, -0.1) is 0 Å². The van der Waals surface area contributed by atoms with Gasteiger partial charge in [-0.25, -0.2) is 8.42 Å². The van der Waals surface area contributed by atoms with Crippen molar-refractivity contribution in [2.45, 2.75) is 26.2 Å². The van der Waals surface area contributed by atoms with Gasteiger partial charge >= 0.3 is 0 Å². The Bertz CT molecular complexity index is 507. The smallest absolute Gasteiger partial charge is 0.150 e. The zero-order valence-corrected chi connectivity index (χ0v) is 11.7. The molecule has 3 nitrogen and oxygen atoms in total. The van der Waals surface area contributed by atoms with E-state index in [4.69, 9.17) is 5.73 Å². The molecule has 1 heterocycles. The van der Waals surface area contributed by atoms with E-state index in [2.05, 4.69) is 31.2 Å². The minimum absolute atomic E-state index is 0.242. The maximum absolute atomic E-state index is 11.6.